The first-order chi connectivity index (χ1) is 12.6. The Hall–Kier alpha value is -1.77. The number of hydrogen-bond acceptors (Lipinski definition) is 5. The minimum Gasteiger partial charge on any atom is -0.379 e. The van der Waals surface area contributed by atoms with Crippen molar-refractivity contribution in [2.75, 3.05) is 26.3 Å². The zero-order chi connectivity index (χ0) is 18.4. The summed E-state index contributed by atoms with van der Waals surface area (Å²) in [5.41, 5.74) is 3.87. The summed E-state index contributed by atoms with van der Waals surface area (Å²) in [6.07, 6.45) is 6.42. The Morgan fingerprint density at radius 1 is 1.08 bits per heavy atom. The van der Waals surface area contributed by atoms with E-state index in [9.17, 15) is 13.2 Å². The molecular formula is C18H25N3O4S. The molecule has 0 radical (unpaired) electrons. The highest BCUT2D eigenvalue weighted by Gasteiger charge is 2.26. The molecule has 7 nitrogen and oxygen atoms in total. The predicted octanol–water partition coefficient (Wildman–Crippen LogP) is 2.15. The number of carbonyl (C=O) groups excluding carboxylic acids is 1. The second-order valence-corrected chi connectivity index (χ2v) is 8.52. The summed E-state index contributed by atoms with van der Waals surface area (Å²) >= 11 is 0. The molecule has 26 heavy (non-hydrogen) atoms. The maximum Gasteiger partial charge on any atom is 0.271 e. The van der Waals surface area contributed by atoms with Crippen molar-refractivity contribution in [3.8, 4) is 0 Å². The Labute approximate surface area is 154 Å². The molecule has 1 saturated heterocycles. The normalized spacial score (nSPS) is 19.6. The summed E-state index contributed by atoms with van der Waals surface area (Å²) < 4.78 is 32.0. The monoisotopic (exact) mass is 379 g/mol. The van der Waals surface area contributed by atoms with Crippen molar-refractivity contribution < 1.29 is 17.9 Å². The van der Waals surface area contributed by atoms with E-state index in [2.05, 4.69) is 10.5 Å². The average molecular weight is 379 g/mol. The number of hydrazone groups is 1. The molecule has 142 valence electrons. The first-order valence-electron chi connectivity index (χ1n) is 9.11. The van der Waals surface area contributed by atoms with Gasteiger partial charge in [-0.1, -0.05) is 18.9 Å². The fourth-order valence-corrected chi connectivity index (χ4v) is 4.63. The van der Waals surface area contributed by atoms with Crippen molar-refractivity contribution in [1.82, 2.24) is 9.73 Å². The number of nitrogens with one attached hydrogen (secondary N) is 1. The van der Waals surface area contributed by atoms with E-state index in [4.69, 9.17) is 4.74 Å². The number of morpholine rings is 1. The van der Waals surface area contributed by atoms with Gasteiger partial charge in [-0.05, 0) is 43.9 Å². The van der Waals surface area contributed by atoms with Gasteiger partial charge in [0, 0.05) is 24.4 Å². The highest BCUT2D eigenvalue weighted by Crippen LogP contribution is 2.19. The number of ether oxygens (including phenoxy) is 1. The van der Waals surface area contributed by atoms with Gasteiger partial charge in [-0.2, -0.15) is 9.41 Å². The molecule has 1 amide bonds. The van der Waals surface area contributed by atoms with Crippen LogP contribution in [0, 0.1) is 0 Å². The lowest BCUT2D eigenvalue weighted by Gasteiger charge is -2.26. The van der Waals surface area contributed by atoms with E-state index in [0.717, 1.165) is 31.4 Å². The second kappa shape index (κ2) is 8.75. The minimum atomic E-state index is -3.62. The molecule has 0 unspecified atom stereocenters. The van der Waals surface area contributed by atoms with Crippen LogP contribution >= 0.6 is 0 Å². The molecule has 8 heteroatoms. The molecule has 0 atom stereocenters. The van der Waals surface area contributed by atoms with Gasteiger partial charge in [-0.25, -0.2) is 13.8 Å². The van der Waals surface area contributed by atoms with E-state index in [-0.39, 0.29) is 16.4 Å². The fourth-order valence-electron chi connectivity index (χ4n) is 3.18. The predicted molar refractivity (Wildman–Crippen MR) is 98.6 cm³/mol. The zero-order valence-electron chi connectivity index (χ0n) is 14.8. The van der Waals surface area contributed by atoms with Crippen LogP contribution in [0.1, 0.15) is 48.9 Å². The molecule has 1 aliphatic carbocycles. The molecule has 3 rings (SSSR count). The highest BCUT2D eigenvalue weighted by atomic mass is 32.2. The topological polar surface area (TPSA) is 88.1 Å². The lowest BCUT2D eigenvalue weighted by atomic mass is 10.2. The van der Waals surface area contributed by atoms with Crippen molar-refractivity contribution in [3.05, 3.63) is 29.8 Å². The van der Waals surface area contributed by atoms with Crippen LogP contribution in [0.2, 0.25) is 0 Å². The van der Waals surface area contributed by atoms with Gasteiger partial charge in [0.1, 0.15) is 0 Å². The summed E-state index contributed by atoms with van der Waals surface area (Å²) in [6, 6.07) is 6.11. The van der Waals surface area contributed by atoms with Gasteiger partial charge in [0.2, 0.25) is 10.0 Å². The van der Waals surface area contributed by atoms with Crippen molar-refractivity contribution in [2.24, 2.45) is 5.10 Å². The Morgan fingerprint density at radius 2 is 1.77 bits per heavy atom. The molecule has 1 N–H and O–H groups in total. The van der Waals surface area contributed by atoms with Crippen LogP contribution in [0.4, 0.5) is 0 Å². The van der Waals surface area contributed by atoms with Crippen LogP contribution in [0.25, 0.3) is 0 Å². The summed E-state index contributed by atoms with van der Waals surface area (Å²) in [4.78, 5) is 12.5. The third-order valence-corrected chi connectivity index (χ3v) is 6.59. The largest absolute Gasteiger partial charge is 0.379 e. The van der Waals surface area contributed by atoms with Crippen LogP contribution in [0.5, 0.6) is 0 Å². The Kier molecular flexibility index (Phi) is 6.39. The van der Waals surface area contributed by atoms with Crippen LogP contribution in [-0.2, 0) is 14.8 Å². The molecule has 0 bridgehead atoms. The van der Waals surface area contributed by atoms with Crippen molar-refractivity contribution in [3.63, 3.8) is 0 Å². The minimum absolute atomic E-state index is 0.120. The molecule has 2 aliphatic rings. The van der Waals surface area contributed by atoms with Gasteiger partial charge in [0.05, 0.1) is 18.1 Å². The number of hydrogen-bond donors (Lipinski definition) is 1. The molecule has 0 spiro atoms. The molecule has 1 aromatic rings. The molecule has 1 aliphatic heterocycles. The third kappa shape index (κ3) is 4.69. The van der Waals surface area contributed by atoms with Crippen molar-refractivity contribution in [2.45, 2.75) is 43.4 Å². The van der Waals surface area contributed by atoms with E-state index >= 15 is 0 Å². The average Bonchev–Trinajstić information content (AvgIpc) is 2.96. The van der Waals surface area contributed by atoms with Crippen molar-refractivity contribution in [1.29, 1.82) is 0 Å². The summed E-state index contributed by atoms with van der Waals surface area (Å²) in [6.45, 7) is 1.42. The number of carbonyl (C=O) groups is 1. The SMILES string of the molecule is O=C(NN=C1CCCCCC1)c1cccc(S(=O)(=O)N2CCOCC2)c1. The molecule has 1 aromatic carbocycles. The number of benzene rings is 1. The highest BCUT2D eigenvalue weighted by molar-refractivity contribution is 7.89. The first-order valence-corrected chi connectivity index (χ1v) is 10.5. The molecule has 1 saturated carbocycles. The second-order valence-electron chi connectivity index (χ2n) is 6.58. The van der Waals surface area contributed by atoms with Gasteiger partial charge in [0.15, 0.2) is 0 Å². The van der Waals surface area contributed by atoms with Crippen molar-refractivity contribution >= 4 is 21.6 Å². The Morgan fingerprint density at radius 3 is 2.46 bits per heavy atom. The van der Waals surface area contributed by atoms with Crippen LogP contribution in [-0.4, -0.2) is 50.6 Å². The molecule has 0 aromatic heterocycles. The molecular weight excluding hydrogens is 354 g/mol. The van der Waals surface area contributed by atoms with E-state index < -0.39 is 10.0 Å². The van der Waals surface area contributed by atoms with Gasteiger partial charge in [-0.15, -0.1) is 0 Å². The maximum atomic E-state index is 12.7. The number of amides is 1. The number of rotatable bonds is 4. The van der Waals surface area contributed by atoms with Crippen LogP contribution < -0.4 is 5.43 Å². The lowest BCUT2D eigenvalue weighted by Crippen LogP contribution is -2.40. The maximum absolute atomic E-state index is 12.7. The quantitative estimate of drug-likeness (QED) is 0.641. The van der Waals surface area contributed by atoms with Crippen LogP contribution in [0.3, 0.4) is 0 Å². The van der Waals surface area contributed by atoms with Gasteiger partial charge in [-0.3, -0.25) is 4.79 Å². The fraction of sp³-hybridized carbons (Fsp3) is 0.556. The smallest absolute Gasteiger partial charge is 0.271 e. The summed E-state index contributed by atoms with van der Waals surface area (Å²) in [7, 11) is -3.62. The van der Waals surface area contributed by atoms with E-state index in [0.29, 0.717) is 26.3 Å². The molecule has 1 heterocycles. The van der Waals surface area contributed by atoms with E-state index in [1.165, 1.54) is 29.3 Å². The first kappa shape index (κ1) is 19.0. The van der Waals surface area contributed by atoms with Gasteiger partial charge >= 0.3 is 0 Å². The zero-order valence-corrected chi connectivity index (χ0v) is 15.6. The molecule has 2 fully saturated rings. The Balaban J connectivity index is 1.71. The summed E-state index contributed by atoms with van der Waals surface area (Å²) in [5, 5.41) is 4.24. The number of nitrogens with zero attached hydrogens (tertiary/aromatic N) is 2. The number of sulfonamides is 1. The van der Waals surface area contributed by atoms with E-state index in [1.54, 1.807) is 12.1 Å². The lowest BCUT2D eigenvalue weighted by molar-refractivity contribution is 0.0730. The third-order valence-electron chi connectivity index (χ3n) is 4.70. The van der Waals surface area contributed by atoms with Gasteiger partial charge in [0.25, 0.3) is 5.91 Å². The summed E-state index contributed by atoms with van der Waals surface area (Å²) in [5.74, 6) is -0.388. The Bertz CT molecular complexity index is 760. The standard InChI is InChI=1S/C18H25N3O4S/c22-18(20-19-16-7-3-1-2-4-8-16)15-6-5-9-17(14-15)26(23,24)21-10-12-25-13-11-21/h5-6,9,14H,1-4,7-8,10-13H2,(H,20,22). The van der Waals surface area contributed by atoms with E-state index in [1.807, 2.05) is 0 Å². The van der Waals surface area contributed by atoms with Crippen LogP contribution in [0.15, 0.2) is 34.3 Å². The van der Waals surface area contributed by atoms with Gasteiger partial charge < -0.3 is 4.74 Å².